The second-order valence-corrected chi connectivity index (χ2v) is 7.61. The van der Waals surface area contributed by atoms with Crippen molar-refractivity contribution in [3.05, 3.63) is 52.0 Å². The van der Waals surface area contributed by atoms with E-state index in [4.69, 9.17) is 32.7 Å². The molecule has 0 saturated carbocycles. The number of hydrogen-bond acceptors (Lipinski definition) is 4. The van der Waals surface area contributed by atoms with Crippen molar-refractivity contribution in [3.8, 4) is 11.5 Å². The monoisotopic (exact) mass is 412 g/mol. The fourth-order valence-electron chi connectivity index (χ4n) is 2.73. The molecule has 2 aromatic carbocycles. The molecule has 1 heterocycles. The van der Waals surface area contributed by atoms with Crippen molar-refractivity contribution in [2.24, 2.45) is 0 Å². The van der Waals surface area contributed by atoms with Gasteiger partial charge in [-0.3, -0.25) is 0 Å². The molecule has 0 unspecified atom stereocenters. The molecule has 1 saturated heterocycles. The number of anilines is 1. The van der Waals surface area contributed by atoms with Crippen LogP contribution in [0.4, 0.5) is 10.5 Å². The average molecular weight is 413 g/mol. The summed E-state index contributed by atoms with van der Waals surface area (Å²) < 4.78 is 10.5. The summed E-state index contributed by atoms with van der Waals surface area (Å²) in [5, 5.41) is 3.87. The summed E-state index contributed by atoms with van der Waals surface area (Å²) in [6.45, 7) is 0.624. The zero-order valence-electron chi connectivity index (χ0n) is 14.3. The van der Waals surface area contributed by atoms with Crippen LogP contribution in [0.2, 0.25) is 10.0 Å². The van der Waals surface area contributed by atoms with Gasteiger partial charge in [-0.2, -0.15) is 0 Å². The average Bonchev–Trinajstić information content (AvgIpc) is 3.11. The number of amides is 2. The number of carbonyl (C=O) groups is 1. The Kier molecular flexibility index (Phi) is 6.06. The third kappa shape index (κ3) is 3.98. The summed E-state index contributed by atoms with van der Waals surface area (Å²) in [5.74, 6) is 2.02. The molecule has 1 atom stereocenters. The molecule has 0 spiro atoms. The summed E-state index contributed by atoms with van der Waals surface area (Å²) in [6, 6.07) is 10.4. The van der Waals surface area contributed by atoms with E-state index in [-0.39, 0.29) is 11.4 Å². The van der Waals surface area contributed by atoms with E-state index in [1.165, 1.54) is 0 Å². The van der Waals surface area contributed by atoms with E-state index in [0.717, 1.165) is 11.3 Å². The molecule has 1 N–H and O–H groups in total. The number of nitrogens with one attached hydrogen (secondary N) is 1. The lowest BCUT2D eigenvalue weighted by molar-refractivity contribution is 0.214. The molecule has 0 radical (unpaired) electrons. The van der Waals surface area contributed by atoms with Crippen molar-refractivity contribution in [2.75, 3.05) is 31.8 Å². The SMILES string of the molecule is COc1ccc(NC(=O)N2CCS[C@H]2c2ccc(Cl)cc2Cl)c(OC)c1. The van der Waals surface area contributed by atoms with Crippen LogP contribution in [0.25, 0.3) is 0 Å². The lowest BCUT2D eigenvalue weighted by Crippen LogP contribution is -2.34. The summed E-state index contributed by atoms with van der Waals surface area (Å²) >= 11 is 14.0. The highest BCUT2D eigenvalue weighted by atomic mass is 35.5. The zero-order chi connectivity index (χ0) is 18.7. The summed E-state index contributed by atoms with van der Waals surface area (Å²) in [7, 11) is 3.13. The maximum Gasteiger partial charge on any atom is 0.323 e. The first-order chi connectivity index (χ1) is 12.5. The Morgan fingerprint density at radius 2 is 2.00 bits per heavy atom. The number of benzene rings is 2. The topological polar surface area (TPSA) is 50.8 Å². The van der Waals surface area contributed by atoms with Crippen molar-refractivity contribution in [3.63, 3.8) is 0 Å². The minimum Gasteiger partial charge on any atom is -0.497 e. The number of carbonyl (C=O) groups excluding carboxylic acids is 1. The van der Waals surface area contributed by atoms with Gasteiger partial charge in [0.15, 0.2) is 0 Å². The van der Waals surface area contributed by atoms with Crippen LogP contribution in [0.15, 0.2) is 36.4 Å². The maximum absolute atomic E-state index is 12.8. The Morgan fingerprint density at radius 3 is 2.69 bits per heavy atom. The van der Waals surface area contributed by atoms with Gasteiger partial charge in [-0.25, -0.2) is 4.79 Å². The molecule has 138 valence electrons. The molecule has 1 fully saturated rings. The van der Waals surface area contributed by atoms with Crippen LogP contribution in [-0.2, 0) is 0 Å². The zero-order valence-corrected chi connectivity index (χ0v) is 16.6. The van der Waals surface area contributed by atoms with Crippen LogP contribution in [-0.4, -0.2) is 37.4 Å². The standard InChI is InChI=1S/C18H18Cl2N2O3S/c1-24-12-4-6-15(16(10-12)25-2)21-18(23)22-7-8-26-17(22)13-5-3-11(19)9-14(13)20/h3-6,9-10,17H,7-8H2,1-2H3,(H,21,23)/t17-/m0/s1. The van der Waals surface area contributed by atoms with Crippen molar-refractivity contribution < 1.29 is 14.3 Å². The maximum atomic E-state index is 12.8. The van der Waals surface area contributed by atoms with Gasteiger partial charge in [-0.05, 0) is 24.3 Å². The molecule has 26 heavy (non-hydrogen) atoms. The largest absolute Gasteiger partial charge is 0.497 e. The van der Waals surface area contributed by atoms with Crippen molar-refractivity contribution in [2.45, 2.75) is 5.37 Å². The van der Waals surface area contributed by atoms with E-state index in [0.29, 0.717) is 33.8 Å². The Labute approximate surface area is 166 Å². The number of ether oxygens (including phenoxy) is 2. The first-order valence-electron chi connectivity index (χ1n) is 7.89. The fraction of sp³-hybridized carbons (Fsp3) is 0.278. The smallest absolute Gasteiger partial charge is 0.323 e. The van der Waals surface area contributed by atoms with Gasteiger partial charge in [-0.15, -0.1) is 11.8 Å². The molecule has 1 aliphatic heterocycles. The number of thioether (sulfide) groups is 1. The van der Waals surface area contributed by atoms with Crippen LogP contribution < -0.4 is 14.8 Å². The van der Waals surface area contributed by atoms with Gasteiger partial charge >= 0.3 is 6.03 Å². The first-order valence-corrected chi connectivity index (χ1v) is 9.70. The summed E-state index contributed by atoms with van der Waals surface area (Å²) in [4.78, 5) is 14.6. The van der Waals surface area contributed by atoms with Crippen molar-refractivity contribution in [1.82, 2.24) is 4.90 Å². The normalized spacial score (nSPS) is 16.5. The van der Waals surface area contributed by atoms with Crippen LogP contribution >= 0.6 is 35.0 Å². The number of rotatable bonds is 4. The number of methoxy groups -OCH3 is 2. The van der Waals surface area contributed by atoms with Crippen LogP contribution in [0.3, 0.4) is 0 Å². The van der Waals surface area contributed by atoms with Crippen molar-refractivity contribution >= 4 is 46.7 Å². The molecule has 8 heteroatoms. The van der Waals surface area contributed by atoms with Crippen LogP contribution in [0.1, 0.15) is 10.9 Å². The number of halogens is 2. The molecule has 1 aliphatic rings. The fourth-order valence-corrected chi connectivity index (χ4v) is 4.59. The Balaban J connectivity index is 1.81. The predicted molar refractivity (Wildman–Crippen MR) is 107 cm³/mol. The molecule has 0 aromatic heterocycles. The highest BCUT2D eigenvalue weighted by Crippen LogP contribution is 2.42. The molecule has 2 aromatic rings. The van der Waals surface area contributed by atoms with Gasteiger partial charge < -0.3 is 19.7 Å². The van der Waals surface area contributed by atoms with Gasteiger partial charge in [0.25, 0.3) is 0 Å². The van der Waals surface area contributed by atoms with Gasteiger partial charge in [0.1, 0.15) is 16.9 Å². The Morgan fingerprint density at radius 1 is 1.19 bits per heavy atom. The van der Waals surface area contributed by atoms with Gasteiger partial charge in [0, 0.05) is 34.0 Å². The molecule has 2 amide bonds. The number of hydrogen-bond donors (Lipinski definition) is 1. The molecular weight excluding hydrogens is 395 g/mol. The summed E-state index contributed by atoms with van der Waals surface area (Å²) in [6.07, 6.45) is 0. The Hall–Kier alpha value is -1.76. The lowest BCUT2D eigenvalue weighted by atomic mass is 10.2. The third-order valence-corrected chi connectivity index (χ3v) is 5.84. The molecule has 5 nitrogen and oxygen atoms in total. The second kappa shape index (κ2) is 8.29. The van der Waals surface area contributed by atoms with E-state index in [9.17, 15) is 4.79 Å². The molecule has 0 aliphatic carbocycles. The predicted octanol–water partition coefficient (Wildman–Crippen LogP) is 5.29. The minimum atomic E-state index is -0.213. The molecular formula is C18H18Cl2N2O3S. The number of urea groups is 1. The van der Waals surface area contributed by atoms with Crippen molar-refractivity contribution in [1.29, 1.82) is 0 Å². The van der Waals surface area contributed by atoms with Gasteiger partial charge in [-0.1, -0.05) is 29.3 Å². The second-order valence-electron chi connectivity index (χ2n) is 5.58. The summed E-state index contributed by atoms with van der Waals surface area (Å²) in [5.41, 5.74) is 1.45. The highest BCUT2D eigenvalue weighted by molar-refractivity contribution is 7.99. The van der Waals surface area contributed by atoms with E-state index >= 15 is 0 Å². The minimum absolute atomic E-state index is 0.163. The third-order valence-electron chi connectivity index (χ3n) is 4.03. The first kappa shape index (κ1) is 19.0. The van der Waals surface area contributed by atoms with E-state index < -0.39 is 0 Å². The van der Waals surface area contributed by atoms with Crippen LogP contribution in [0, 0.1) is 0 Å². The van der Waals surface area contributed by atoms with Gasteiger partial charge in [0.05, 0.1) is 19.9 Å². The van der Waals surface area contributed by atoms with E-state index in [1.54, 1.807) is 61.2 Å². The Bertz CT molecular complexity index is 819. The lowest BCUT2D eigenvalue weighted by Gasteiger charge is -2.25. The van der Waals surface area contributed by atoms with Gasteiger partial charge in [0.2, 0.25) is 0 Å². The molecule has 3 rings (SSSR count). The van der Waals surface area contributed by atoms with E-state index in [2.05, 4.69) is 5.32 Å². The highest BCUT2D eigenvalue weighted by Gasteiger charge is 2.32. The van der Waals surface area contributed by atoms with E-state index in [1.807, 2.05) is 6.07 Å². The van der Waals surface area contributed by atoms with Crippen LogP contribution in [0.5, 0.6) is 11.5 Å². The quantitative estimate of drug-likeness (QED) is 0.740. The number of nitrogens with zero attached hydrogens (tertiary/aromatic N) is 1. The molecule has 0 bridgehead atoms.